The molecule has 2 nitrogen and oxygen atoms in total. The Labute approximate surface area is 103 Å². The predicted octanol–water partition coefficient (Wildman–Crippen LogP) is 2.59. The molecule has 0 aromatic heterocycles. The zero-order valence-electron chi connectivity index (χ0n) is 9.96. The van der Waals surface area contributed by atoms with E-state index in [0.29, 0.717) is 0 Å². The molecule has 0 fully saturated rings. The van der Waals surface area contributed by atoms with E-state index >= 15 is 0 Å². The van der Waals surface area contributed by atoms with Gasteiger partial charge in [-0.1, -0.05) is 37.6 Å². The minimum absolute atomic E-state index is 0.0834. The van der Waals surface area contributed by atoms with Crippen LogP contribution < -0.4 is 5.32 Å². The van der Waals surface area contributed by atoms with E-state index < -0.39 is 0 Å². The lowest BCUT2D eigenvalue weighted by Crippen LogP contribution is -2.33. The summed E-state index contributed by atoms with van der Waals surface area (Å²) in [4.78, 5) is 0. The van der Waals surface area contributed by atoms with Gasteiger partial charge in [0, 0.05) is 23.6 Å². The lowest BCUT2D eigenvalue weighted by Gasteiger charge is -2.25. The van der Waals surface area contributed by atoms with Crippen LogP contribution in [-0.2, 0) is 5.41 Å². The number of rotatable bonds is 6. The summed E-state index contributed by atoms with van der Waals surface area (Å²) in [5.74, 6) is 0. The van der Waals surface area contributed by atoms with E-state index in [1.807, 2.05) is 12.1 Å². The van der Waals surface area contributed by atoms with Gasteiger partial charge >= 0.3 is 0 Å². The molecule has 1 rings (SSSR count). The minimum atomic E-state index is 0.0834. The average molecular weight is 242 g/mol. The fourth-order valence-electron chi connectivity index (χ4n) is 1.61. The van der Waals surface area contributed by atoms with Crippen molar-refractivity contribution in [2.75, 3.05) is 19.7 Å². The highest BCUT2D eigenvalue weighted by atomic mass is 35.5. The molecule has 90 valence electrons. The van der Waals surface area contributed by atoms with Crippen molar-refractivity contribution >= 4 is 11.6 Å². The highest BCUT2D eigenvalue weighted by Crippen LogP contribution is 2.23. The Hall–Kier alpha value is -0.570. The van der Waals surface area contributed by atoms with Gasteiger partial charge in [-0.05, 0) is 30.7 Å². The molecule has 1 aromatic rings. The highest BCUT2D eigenvalue weighted by Gasteiger charge is 2.19. The summed E-state index contributed by atoms with van der Waals surface area (Å²) in [7, 11) is 0. The van der Waals surface area contributed by atoms with E-state index in [2.05, 4.69) is 31.3 Å². The highest BCUT2D eigenvalue weighted by molar-refractivity contribution is 6.30. The van der Waals surface area contributed by atoms with Gasteiger partial charge in [0.05, 0.1) is 0 Å². The first-order valence-corrected chi connectivity index (χ1v) is 6.02. The largest absolute Gasteiger partial charge is 0.396 e. The van der Waals surface area contributed by atoms with Crippen molar-refractivity contribution in [2.24, 2.45) is 0 Å². The number of benzene rings is 1. The van der Waals surface area contributed by atoms with E-state index in [1.165, 1.54) is 5.56 Å². The number of nitrogens with one attached hydrogen (secondary N) is 1. The Morgan fingerprint density at radius 3 is 2.44 bits per heavy atom. The molecular weight excluding hydrogens is 222 g/mol. The van der Waals surface area contributed by atoms with Crippen molar-refractivity contribution in [1.82, 2.24) is 5.32 Å². The first-order chi connectivity index (χ1) is 7.56. The fraction of sp³-hybridized carbons (Fsp3) is 0.538. The summed E-state index contributed by atoms with van der Waals surface area (Å²) in [6.07, 6.45) is 0.802. The molecule has 0 heterocycles. The quantitative estimate of drug-likeness (QED) is 0.751. The lowest BCUT2D eigenvalue weighted by molar-refractivity contribution is 0.284. The van der Waals surface area contributed by atoms with Crippen LogP contribution in [0.4, 0.5) is 0 Å². The Bertz CT molecular complexity index is 308. The van der Waals surface area contributed by atoms with Gasteiger partial charge in [0.2, 0.25) is 0 Å². The molecule has 0 atom stereocenters. The molecule has 0 aliphatic heterocycles. The molecule has 3 heteroatoms. The van der Waals surface area contributed by atoms with Crippen LogP contribution in [-0.4, -0.2) is 24.8 Å². The Morgan fingerprint density at radius 2 is 1.88 bits per heavy atom. The molecule has 0 aliphatic carbocycles. The molecule has 0 radical (unpaired) electrons. The van der Waals surface area contributed by atoms with E-state index in [-0.39, 0.29) is 12.0 Å². The van der Waals surface area contributed by atoms with Crippen LogP contribution >= 0.6 is 11.6 Å². The topological polar surface area (TPSA) is 32.3 Å². The molecule has 1 aromatic carbocycles. The van der Waals surface area contributed by atoms with Crippen LogP contribution in [0, 0.1) is 0 Å². The third-order valence-electron chi connectivity index (χ3n) is 2.70. The zero-order valence-corrected chi connectivity index (χ0v) is 10.7. The molecule has 0 unspecified atom stereocenters. The SMILES string of the molecule is CC(C)(CNCCCO)c1ccc(Cl)cc1. The summed E-state index contributed by atoms with van der Waals surface area (Å²) in [5, 5.41) is 12.8. The second kappa shape index (κ2) is 6.24. The molecule has 16 heavy (non-hydrogen) atoms. The summed E-state index contributed by atoms with van der Waals surface area (Å²) in [6.45, 7) is 6.39. The number of hydrogen-bond acceptors (Lipinski definition) is 2. The summed E-state index contributed by atoms with van der Waals surface area (Å²) in [6, 6.07) is 7.98. The van der Waals surface area contributed by atoms with Crippen LogP contribution in [0.2, 0.25) is 5.02 Å². The van der Waals surface area contributed by atoms with Gasteiger partial charge in [0.1, 0.15) is 0 Å². The van der Waals surface area contributed by atoms with Crippen molar-refractivity contribution in [3.8, 4) is 0 Å². The van der Waals surface area contributed by atoms with Gasteiger partial charge in [-0.2, -0.15) is 0 Å². The normalized spacial score (nSPS) is 11.8. The van der Waals surface area contributed by atoms with Crippen LogP contribution in [0.15, 0.2) is 24.3 Å². The van der Waals surface area contributed by atoms with Crippen molar-refractivity contribution < 1.29 is 5.11 Å². The maximum atomic E-state index is 8.69. The Kier molecular flexibility index (Phi) is 5.26. The zero-order chi connectivity index (χ0) is 12.0. The van der Waals surface area contributed by atoms with Crippen LogP contribution in [0.3, 0.4) is 0 Å². The monoisotopic (exact) mass is 241 g/mol. The number of aliphatic hydroxyl groups is 1. The summed E-state index contributed by atoms with van der Waals surface area (Å²) < 4.78 is 0. The van der Waals surface area contributed by atoms with Crippen molar-refractivity contribution in [3.05, 3.63) is 34.9 Å². The van der Waals surface area contributed by atoms with E-state index in [9.17, 15) is 0 Å². The lowest BCUT2D eigenvalue weighted by atomic mass is 9.84. The fourth-order valence-corrected chi connectivity index (χ4v) is 1.73. The molecule has 0 aliphatic rings. The Morgan fingerprint density at radius 1 is 1.25 bits per heavy atom. The van der Waals surface area contributed by atoms with Crippen molar-refractivity contribution in [3.63, 3.8) is 0 Å². The van der Waals surface area contributed by atoms with Gasteiger partial charge in [0.25, 0.3) is 0 Å². The molecule has 2 N–H and O–H groups in total. The van der Waals surface area contributed by atoms with Gasteiger partial charge < -0.3 is 10.4 Å². The van der Waals surface area contributed by atoms with Crippen LogP contribution in [0.5, 0.6) is 0 Å². The number of aliphatic hydroxyl groups excluding tert-OH is 1. The smallest absolute Gasteiger partial charge is 0.0443 e. The third-order valence-corrected chi connectivity index (χ3v) is 2.96. The van der Waals surface area contributed by atoms with E-state index in [0.717, 1.165) is 24.5 Å². The minimum Gasteiger partial charge on any atom is -0.396 e. The van der Waals surface area contributed by atoms with Crippen LogP contribution in [0.1, 0.15) is 25.8 Å². The van der Waals surface area contributed by atoms with E-state index in [1.54, 1.807) is 0 Å². The number of hydrogen-bond donors (Lipinski definition) is 2. The molecule has 0 spiro atoms. The van der Waals surface area contributed by atoms with Crippen molar-refractivity contribution in [1.29, 1.82) is 0 Å². The molecule has 0 saturated carbocycles. The second-order valence-corrected chi connectivity index (χ2v) is 5.08. The molecule has 0 saturated heterocycles. The Balaban J connectivity index is 2.52. The van der Waals surface area contributed by atoms with Gasteiger partial charge in [-0.15, -0.1) is 0 Å². The molecular formula is C13H20ClNO. The summed E-state index contributed by atoms with van der Waals surface area (Å²) >= 11 is 5.86. The number of halogens is 1. The van der Waals surface area contributed by atoms with Crippen LogP contribution in [0.25, 0.3) is 0 Å². The first-order valence-electron chi connectivity index (χ1n) is 5.64. The third kappa shape index (κ3) is 4.12. The van der Waals surface area contributed by atoms with Gasteiger partial charge in [-0.25, -0.2) is 0 Å². The second-order valence-electron chi connectivity index (χ2n) is 4.64. The maximum Gasteiger partial charge on any atom is 0.0443 e. The van der Waals surface area contributed by atoms with Gasteiger partial charge in [0.15, 0.2) is 0 Å². The predicted molar refractivity (Wildman–Crippen MR) is 69.1 cm³/mol. The maximum absolute atomic E-state index is 8.69. The summed E-state index contributed by atoms with van der Waals surface area (Å²) in [5.41, 5.74) is 1.36. The molecule has 0 bridgehead atoms. The molecule has 0 amide bonds. The average Bonchev–Trinajstić information content (AvgIpc) is 2.25. The first kappa shape index (κ1) is 13.5. The standard InChI is InChI=1S/C13H20ClNO/c1-13(2,10-15-8-3-9-16)11-4-6-12(14)7-5-11/h4-7,15-16H,3,8-10H2,1-2H3. The van der Waals surface area contributed by atoms with Crippen molar-refractivity contribution in [2.45, 2.75) is 25.7 Å². The van der Waals surface area contributed by atoms with Gasteiger partial charge in [-0.3, -0.25) is 0 Å². The van der Waals surface area contributed by atoms with E-state index in [4.69, 9.17) is 16.7 Å².